The fourth-order valence-corrected chi connectivity index (χ4v) is 2.33. The van der Waals surface area contributed by atoms with Crippen LogP contribution < -0.4 is 5.32 Å². The van der Waals surface area contributed by atoms with Crippen molar-refractivity contribution in [1.29, 1.82) is 0 Å². The Hall–Kier alpha value is -1.85. The summed E-state index contributed by atoms with van der Waals surface area (Å²) in [7, 11) is 0. The van der Waals surface area contributed by atoms with Gasteiger partial charge in [0.1, 0.15) is 6.54 Å². The molecule has 2 rings (SSSR count). The predicted molar refractivity (Wildman–Crippen MR) is 65.1 cm³/mol. The highest BCUT2D eigenvalue weighted by atomic mass is 16.4. The van der Waals surface area contributed by atoms with Gasteiger partial charge in [-0.15, -0.1) is 0 Å². The molecule has 0 bridgehead atoms. The molecule has 0 radical (unpaired) electrons. The van der Waals surface area contributed by atoms with Crippen molar-refractivity contribution in [3.05, 3.63) is 12.3 Å². The van der Waals surface area contributed by atoms with Crippen LogP contribution in [0.4, 0.5) is 5.82 Å². The number of nitrogens with one attached hydrogen (secondary N) is 1. The highest BCUT2D eigenvalue weighted by Gasteiger charge is 2.18. The lowest BCUT2D eigenvalue weighted by Gasteiger charge is -2.07. The number of rotatable bonds is 5. The van der Waals surface area contributed by atoms with Crippen LogP contribution in [-0.2, 0) is 16.1 Å². The minimum absolute atomic E-state index is 0.0394. The molecule has 1 aliphatic rings. The van der Waals surface area contributed by atoms with Gasteiger partial charge in [0.05, 0.1) is 0 Å². The van der Waals surface area contributed by atoms with Crippen LogP contribution in [0, 0.1) is 5.92 Å². The maximum Gasteiger partial charge on any atom is 0.325 e. The van der Waals surface area contributed by atoms with Gasteiger partial charge < -0.3 is 10.4 Å². The third kappa shape index (κ3) is 3.58. The van der Waals surface area contributed by atoms with E-state index < -0.39 is 5.97 Å². The molecular formula is C12H17N3O3. The number of nitrogens with zero attached hydrogens (tertiary/aromatic N) is 2. The number of hydrogen-bond acceptors (Lipinski definition) is 3. The first kappa shape index (κ1) is 12.6. The highest BCUT2D eigenvalue weighted by molar-refractivity contribution is 5.89. The Balaban J connectivity index is 1.82. The Bertz CT molecular complexity index is 436. The first-order valence-electron chi connectivity index (χ1n) is 6.18. The smallest absolute Gasteiger partial charge is 0.325 e. The maximum atomic E-state index is 11.7. The van der Waals surface area contributed by atoms with E-state index in [9.17, 15) is 9.59 Å². The van der Waals surface area contributed by atoms with Gasteiger partial charge in [0, 0.05) is 18.7 Å². The molecule has 0 aromatic carbocycles. The molecule has 1 fully saturated rings. The van der Waals surface area contributed by atoms with Crippen LogP contribution in [0.2, 0.25) is 0 Å². The highest BCUT2D eigenvalue weighted by Crippen LogP contribution is 2.27. The van der Waals surface area contributed by atoms with Crippen molar-refractivity contribution in [2.45, 2.75) is 38.6 Å². The molecule has 1 amide bonds. The molecule has 98 valence electrons. The predicted octanol–water partition coefficient (Wildman–Crippen LogP) is 1.49. The van der Waals surface area contributed by atoms with Crippen molar-refractivity contribution in [3.8, 4) is 0 Å². The molecule has 1 heterocycles. The molecule has 18 heavy (non-hydrogen) atoms. The summed E-state index contributed by atoms with van der Waals surface area (Å²) in [5.41, 5.74) is 0. The zero-order valence-corrected chi connectivity index (χ0v) is 10.1. The molecule has 2 N–H and O–H groups in total. The van der Waals surface area contributed by atoms with E-state index in [1.54, 1.807) is 12.3 Å². The quantitative estimate of drug-likeness (QED) is 0.830. The third-order valence-electron chi connectivity index (χ3n) is 3.15. The second kappa shape index (κ2) is 5.66. The van der Waals surface area contributed by atoms with Crippen molar-refractivity contribution < 1.29 is 14.7 Å². The van der Waals surface area contributed by atoms with Gasteiger partial charge in [-0.05, 0) is 18.8 Å². The average Bonchev–Trinajstić information content (AvgIpc) is 2.89. The minimum atomic E-state index is -0.957. The largest absolute Gasteiger partial charge is 0.480 e. The fraction of sp³-hybridized carbons (Fsp3) is 0.583. The molecule has 0 saturated heterocycles. The SMILES string of the molecule is O=C(O)Cn1ccc(NC(=O)CC2CCCC2)n1. The van der Waals surface area contributed by atoms with E-state index in [2.05, 4.69) is 10.4 Å². The molecule has 1 aliphatic carbocycles. The van der Waals surface area contributed by atoms with E-state index in [0.717, 1.165) is 12.8 Å². The van der Waals surface area contributed by atoms with Gasteiger partial charge in [-0.3, -0.25) is 14.3 Å². The van der Waals surface area contributed by atoms with Crippen LogP contribution in [0.25, 0.3) is 0 Å². The maximum absolute atomic E-state index is 11.7. The second-order valence-corrected chi connectivity index (χ2v) is 4.70. The van der Waals surface area contributed by atoms with Gasteiger partial charge in [-0.2, -0.15) is 5.10 Å². The van der Waals surface area contributed by atoms with Gasteiger partial charge >= 0.3 is 5.97 Å². The van der Waals surface area contributed by atoms with Crippen LogP contribution in [0.15, 0.2) is 12.3 Å². The van der Waals surface area contributed by atoms with E-state index in [0.29, 0.717) is 18.2 Å². The molecule has 0 atom stereocenters. The van der Waals surface area contributed by atoms with E-state index in [-0.39, 0.29) is 12.5 Å². The van der Waals surface area contributed by atoms with Crippen molar-refractivity contribution in [2.24, 2.45) is 5.92 Å². The number of anilines is 1. The van der Waals surface area contributed by atoms with Crippen LogP contribution in [0.5, 0.6) is 0 Å². The zero-order valence-electron chi connectivity index (χ0n) is 10.1. The van der Waals surface area contributed by atoms with Gasteiger partial charge in [-0.1, -0.05) is 12.8 Å². The van der Waals surface area contributed by atoms with Gasteiger partial charge in [0.15, 0.2) is 5.82 Å². The summed E-state index contributed by atoms with van der Waals surface area (Å²) in [5.74, 6) is -0.0882. The first-order chi connectivity index (χ1) is 8.63. The zero-order chi connectivity index (χ0) is 13.0. The summed E-state index contributed by atoms with van der Waals surface area (Å²) < 4.78 is 1.29. The lowest BCUT2D eigenvalue weighted by Crippen LogP contribution is -2.16. The summed E-state index contributed by atoms with van der Waals surface area (Å²) in [6.07, 6.45) is 6.75. The molecule has 6 heteroatoms. The van der Waals surface area contributed by atoms with Gasteiger partial charge in [0.25, 0.3) is 0 Å². The normalized spacial score (nSPS) is 15.8. The molecular weight excluding hydrogens is 234 g/mol. The summed E-state index contributed by atoms with van der Waals surface area (Å²) in [6, 6.07) is 1.61. The summed E-state index contributed by atoms with van der Waals surface area (Å²) >= 11 is 0. The number of amides is 1. The number of aromatic nitrogens is 2. The van der Waals surface area contributed by atoms with Crippen LogP contribution >= 0.6 is 0 Å². The Morgan fingerprint density at radius 3 is 2.83 bits per heavy atom. The van der Waals surface area contributed by atoms with E-state index >= 15 is 0 Å². The summed E-state index contributed by atoms with van der Waals surface area (Å²) in [4.78, 5) is 22.2. The lowest BCUT2D eigenvalue weighted by atomic mass is 10.0. The standard InChI is InChI=1S/C12H17N3O3/c16-11(7-9-3-1-2-4-9)13-10-5-6-15(14-10)8-12(17)18/h5-6,9H,1-4,7-8H2,(H,17,18)(H,13,14,16). The average molecular weight is 251 g/mol. The summed E-state index contributed by atoms with van der Waals surface area (Å²) in [6.45, 7) is -0.196. The second-order valence-electron chi connectivity index (χ2n) is 4.70. The number of carbonyl (C=O) groups excluding carboxylic acids is 1. The van der Waals surface area contributed by atoms with Crippen molar-refractivity contribution in [3.63, 3.8) is 0 Å². The fourth-order valence-electron chi connectivity index (χ4n) is 2.33. The number of carboxylic acid groups (broad SMARTS) is 1. The number of carboxylic acids is 1. The first-order valence-corrected chi connectivity index (χ1v) is 6.18. The monoisotopic (exact) mass is 251 g/mol. The number of aliphatic carboxylic acids is 1. The van der Waals surface area contributed by atoms with Crippen molar-refractivity contribution >= 4 is 17.7 Å². The molecule has 0 spiro atoms. The van der Waals surface area contributed by atoms with E-state index in [4.69, 9.17) is 5.11 Å². The van der Waals surface area contributed by atoms with Gasteiger partial charge in [-0.25, -0.2) is 0 Å². The van der Waals surface area contributed by atoms with E-state index in [1.165, 1.54) is 17.5 Å². The number of carbonyl (C=O) groups is 2. The van der Waals surface area contributed by atoms with Crippen LogP contribution in [0.3, 0.4) is 0 Å². The third-order valence-corrected chi connectivity index (χ3v) is 3.15. The molecule has 6 nitrogen and oxygen atoms in total. The van der Waals surface area contributed by atoms with Crippen LogP contribution in [-0.4, -0.2) is 26.8 Å². The molecule has 0 unspecified atom stereocenters. The Kier molecular flexibility index (Phi) is 3.96. The Labute approximate surface area is 105 Å². The molecule has 1 saturated carbocycles. The number of hydrogen-bond donors (Lipinski definition) is 2. The molecule has 0 aliphatic heterocycles. The molecule has 1 aromatic rings. The van der Waals surface area contributed by atoms with Gasteiger partial charge in [0.2, 0.25) is 5.91 Å². The molecule has 1 aromatic heterocycles. The Morgan fingerprint density at radius 1 is 1.44 bits per heavy atom. The summed E-state index contributed by atoms with van der Waals surface area (Å²) in [5, 5.41) is 15.3. The topological polar surface area (TPSA) is 84.2 Å². The van der Waals surface area contributed by atoms with Crippen molar-refractivity contribution in [2.75, 3.05) is 5.32 Å². The van der Waals surface area contributed by atoms with Crippen LogP contribution in [0.1, 0.15) is 32.1 Å². The Morgan fingerprint density at radius 2 is 2.17 bits per heavy atom. The minimum Gasteiger partial charge on any atom is -0.480 e. The van der Waals surface area contributed by atoms with Crippen molar-refractivity contribution in [1.82, 2.24) is 9.78 Å². The lowest BCUT2D eigenvalue weighted by molar-refractivity contribution is -0.137. The van der Waals surface area contributed by atoms with E-state index in [1.807, 2.05) is 0 Å².